The molecule has 1 amide bonds. The number of aromatic nitrogens is 2. The largest absolute Gasteiger partial charge is 0.354 e. The molecule has 0 saturated heterocycles. The summed E-state index contributed by atoms with van der Waals surface area (Å²) < 4.78 is 0.943. The van der Waals surface area contributed by atoms with Gasteiger partial charge in [0.25, 0.3) is 5.56 Å². The van der Waals surface area contributed by atoms with E-state index in [-0.39, 0.29) is 22.5 Å². The second kappa shape index (κ2) is 8.02. The molecule has 5 nitrogen and oxygen atoms in total. The lowest BCUT2D eigenvalue weighted by molar-refractivity contribution is -0.121. The summed E-state index contributed by atoms with van der Waals surface area (Å²) in [6, 6.07) is 5.16. The molecule has 1 aromatic heterocycles. The molecule has 0 aliphatic heterocycles. The van der Waals surface area contributed by atoms with Crippen molar-refractivity contribution in [3.63, 3.8) is 0 Å². The molecule has 0 radical (unpaired) electrons. The third kappa shape index (κ3) is 4.85. The molecule has 122 valence electrons. The fraction of sp³-hybridized carbons (Fsp3) is 0.214. The van der Waals surface area contributed by atoms with Crippen molar-refractivity contribution in [2.24, 2.45) is 0 Å². The van der Waals surface area contributed by atoms with Crippen LogP contribution in [-0.4, -0.2) is 22.2 Å². The first-order chi connectivity index (χ1) is 10.9. The van der Waals surface area contributed by atoms with Gasteiger partial charge in [-0.05, 0) is 24.1 Å². The highest BCUT2D eigenvalue weighted by molar-refractivity contribution is 6.41. The Morgan fingerprint density at radius 3 is 2.61 bits per heavy atom. The van der Waals surface area contributed by atoms with E-state index in [1.54, 1.807) is 18.2 Å². The van der Waals surface area contributed by atoms with Crippen LogP contribution in [0.4, 0.5) is 0 Å². The van der Waals surface area contributed by atoms with Gasteiger partial charge in [0.15, 0.2) is 0 Å². The van der Waals surface area contributed by atoms with Crippen LogP contribution in [0.2, 0.25) is 20.1 Å². The number of rotatable bonds is 5. The number of carbonyl (C=O) groups is 1. The number of amides is 1. The monoisotopic (exact) mass is 393 g/mol. The third-order valence-corrected chi connectivity index (χ3v) is 4.30. The predicted molar refractivity (Wildman–Crippen MR) is 91.7 cm³/mol. The van der Waals surface area contributed by atoms with Crippen LogP contribution in [-0.2, 0) is 17.8 Å². The lowest BCUT2D eigenvalue weighted by atomic mass is 10.1. The van der Waals surface area contributed by atoms with Crippen LogP contribution in [0.3, 0.4) is 0 Å². The maximum Gasteiger partial charge on any atom is 0.287 e. The van der Waals surface area contributed by atoms with Crippen LogP contribution in [0.15, 0.2) is 29.2 Å². The summed E-state index contributed by atoms with van der Waals surface area (Å²) in [5.74, 6) is -0.372. The van der Waals surface area contributed by atoms with E-state index in [2.05, 4.69) is 10.4 Å². The van der Waals surface area contributed by atoms with E-state index in [4.69, 9.17) is 46.4 Å². The summed E-state index contributed by atoms with van der Waals surface area (Å²) in [7, 11) is 0. The first-order valence-electron chi connectivity index (χ1n) is 6.50. The van der Waals surface area contributed by atoms with Crippen LogP contribution in [0.25, 0.3) is 0 Å². The number of hydrogen-bond acceptors (Lipinski definition) is 3. The summed E-state index contributed by atoms with van der Waals surface area (Å²) in [6.45, 7) is 0.111. The zero-order valence-corrected chi connectivity index (χ0v) is 14.7. The normalized spacial score (nSPS) is 10.6. The van der Waals surface area contributed by atoms with Crippen molar-refractivity contribution in [2.45, 2.75) is 13.0 Å². The Labute approximate surface area is 152 Å². The fourth-order valence-electron chi connectivity index (χ4n) is 1.81. The Hall–Kier alpha value is -1.27. The Morgan fingerprint density at radius 1 is 1.17 bits per heavy atom. The van der Waals surface area contributed by atoms with Crippen molar-refractivity contribution in [3.8, 4) is 0 Å². The highest BCUT2D eigenvalue weighted by Crippen LogP contribution is 2.21. The summed E-state index contributed by atoms with van der Waals surface area (Å²) in [6.07, 6.45) is 1.75. The molecule has 0 saturated carbocycles. The van der Waals surface area contributed by atoms with E-state index in [0.29, 0.717) is 23.0 Å². The first-order valence-corrected chi connectivity index (χ1v) is 8.01. The topological polar surface area (TPSA) is 64.0 Å². The minimum atomic E-state index is -0.616. The number of benzene rings is 1. The molecule has 0 atom stereocenters. The molecule has 0 aliphatic carbocycles. The van der Waals surface area contributed by atoms with Gasteiger partial charge < -0.3 is 5.32 Å². The lowest BCUT2D eigenvalue weighted by Gasteiger charge is -2.08. The Kier molecular flexibility index (Phi) is 6.30. The molecule has 2 rings (SSSR count). The zero-order chi connectivity index (χ0) is 17.0. The van der Waals surface area contributed by atoms with Crippen molar-refractivity contribution >= 4 is 52.3 Å². The van der Waals surface area contributed by atoms with Gasteiger partial charge in [-0.15, -0.1) is 0 Å². The Balaban J connectivity index is 1.91. The number of halogens is 4. The van der Waals surface area contributed by atoms with Gasteiger partial charge in [0.1, 0.15) is 11.6 Å². The van der Waals surface area contributed by atoms with E-state index < -0.39 is 5.56 Å². The van der Waals surface area contributed by atoms with Gasteiger partial charge in [0.05, 0.1) is 11.2 Å². The molecule has 0 fully saturated rings. The average Bonchev–Trinajstić information content (AvgIpc) is 2.50. The average molecular weight is 395 g/mol. The van der Waals surface area contributed by atoms with Gasteiger partial charge in [-0.1, -0.05) is 52.5 Å². The molecule has 1 N–H and O–H groups in total. The molecule has 0 spiro atoms. The van der Waals surface area contributed by atoms with E-state index in [9.17, 15) is 9.59 Å². The van der Waals surface area contributed by atoms with Crippen molar-refractivity contribution in [1.29, 1.82) is 0 Å². The summed E-state index contributed by atoms with van der Waals surface area (Å²) in [4.78, 5) is 23.6. The minimum absolute atomic E-state index is 0.0469. The highest BCUT2D eigenvalue weighted by atomic mass is 35.5. The second-order valence-electron chi connectivity index (χ2n) is 4.60. The van der Waals surface area contributed by atoms with Crippen LogP contribution >= 0.6 is 46.4 Å². The number of hydrogen-bond donors (Lipinski definition) is 1. The van der Waals surface area contributed by atoms with Crippen LogP contribution < -0.4 is 10.9 Å². The third-order valence-electron chi connectivity index (χ3n) is 2.97. The first kappa shape index (κ1) is 18.1. The van der Waals surface area contributed by atoms with E-state index in [1.165, 1.54) is 6.20 Å². The zero-order valence-electron chi connectivity index (χ0n) is 11.7. The summed E-state index contributed by atoms with van der Waals surface area (Å²) in [5, 5.41) is 7.40. The molecule has 0 unspecified atom stereocenters. The maximum absolute atomic E-state index is 11.8. The van der Waals surface area contributed by atoms with E-state index in [1.807, 2.05) is 0 Å². The molecular weight excluding hydrogens is 384 g/mol. The number of carbonyl (C=O) groups excluding carboxylic acids is 1. The van der Waals surface area contributed by atoms with E-state index >= 15 is 0 Å². The molecule has 1 heterocycles. The quantitative estimate of drug-likeness (QED) is 0.846. The predicted octanol–water partition coefficient (Wildman–Crippen LogP) is 3.22. The SMILES string of the molecule is O=C(Cn1ncc(Cl)c(Cl)c1=O)NCCc1ccc(Cl)cc1Cl. The van der Waals surface area contributed by atoms with Crippen molar-refractivity contribution < 1.29 is 4.79 Å². The molecule has 2 aromatic rings. The Morgan fingerprint density at radius 2 is 1.91 bits per heavy atom. The highest BCUT2D eigenvalue weighted by Gasteiger charge is 2.10. The van der Waals surface area contributed by atoms with Gasteiger partial charge in [-0.3, -0.25) is 9.59 Å². The summed E-state index contributed by atoms with van der Waals surface area (Å²) in [5.41, 5.74) is 0.247. The van der Waals surface area contributed by atoms with Crippen LogP contribution in [0.5, 0.6) is 0 Å². The molecular formula is C14H11Cl4N3O2. The van der Waals surface area contributed by atoms with Gasteiger partial charge in [0, 0.05) is 16.6 Å². The van der Waals surface area contributed by atoms with Gasteiger partial charge in [-0.25, -0.2) is 4.68 Å². The maximum atomic E-state index is 11.8. The van der Waals surface area contributed by atoms with Crippen molar-refractivity contribution in [3.05, 3.63) is 60.4 Å². The molecule has 1 aromatic carbocycles. The van der Waals surface area contributed by atoms with Crippen LogP contribution in [0, 0.1) is 0 Å². The summed E-state index contributed by atoms with van der Waals surface area (Å²) >= 11 is 23.3. The molecule has 23 heavy (non-hydrogen) atoms. The number of nitrogens with one attached hydrogen (secondary N) is 1. The molecule has 0 aliphatic rings. The molecule has 0 bridgehead atoms. The van der Waals surface area contributed by atoms with Gasteiger partial charge in [0.2, 0.25) is 5.91 Å². The Bertz CT molecular complexity index is 792. The fourth-order valence-corrected chi connectivity index (χ4v) is 2.58. The lowest BCUT2D eigenvalue weighted by Crippen LogP contribution is -2.34. The van der Waals surface area contributed by atoms with Crippen molar-refractivity contribution in [2.75, 3.05) is 6.54 Å². The standard InChI is InChI=1S/C14H11Cl4N3O2/c15-9-2-1-8(10(16)5-9)3-4-19-12(22)7-21-14(23)13(18)11(17)6-20-21/h1-2,5-6H,3-4,7H2,(H,19,22). The van der Waals surface area contributed by atoms with Crippen LogP contribution in [0.1, 0.15) is 5.56 Å². The van der Waals surface area contributed by atoms with Crippen molar-refractivity contribution in [1.82, 2.24) is 15.1 Å². The minimum Gasteiger partial charge on any atom is -0.354 e. The van der Waals surface area contributed by atoms with Gasteiger partial charge in [-0.2, -0.15) is 5.10 Å². The van der Waals surface area contributed by atoms with E-state index in [0.717, 1.165) is 10.2 Å². The number of nitrogens with zero attached hydrogens (tertiary/aromatic N) is 2. The second-order valence-corrected chi connectivity index (χ2v) is 6.23. The smallest absolute Gasteiger partial charge is 0.287 e. The van der Waals surface area contributed by atoms with Gasteiger partial charge >= 0.3 is 0 Å². The molecule has 9 heteroatoms.